The van der Waals surface area contributed by atoms with Crippen molar-refractivity contribution >= 4 is 5.91 Å². The number of nitrogens with zero attached hydrogens (tertiary/aromatic N) is 2. The highest BCUT2D eigenvalue weighted by atomic mass is 16.4. The van der Waals surface area contributed by atoms with Gasteiger partial charge in [0.05, 0.1) is 6.54 Å². The van der Waals surface area contributed by atoms with Crippen LogP contribution in [0.15, 0.2) is 4.42 Å². The molecule has 1 heterocycles. The maximum Gasteiger partial charge on any atom is 0.235 e. The van der Waals surface area contributed by atoms with E-state index in [0.717, 1.165) is 25.7 Å². The molecule has 0 bridgehead atoms. The van der Waals surface area contributed by atoms with Crippen LogP contribution in [-0.2, 0) is 11.3 Å². The van der Waals surface area contributed by atoms with E-state index in [4.69, 9.17) is 4.42 Å². The fraction of sp³-hybridized carbons (Fsp3) is 0.727. The summed E-state index contributed by atoms with van der Waals surface area (Å²) in [5.74, 6) is 1.30. The lowest BCUT2D eigenvalue weighted by Crippen LogP contribution is -2.31. The Kier molecular flexibility index (Phi) is 3.54. The van der Waals surface area contributed by atoms with E-state index in [1.54, 1.807) is 6.92 Å². The second-order valence-corrected chi connectivity index (χ2v) is 4.27. The largest absolute Gasteiger partial charge is 0.424 e. The minimum Gasteiger partial charge on any atom is -0.424 e. The molecule has 1 saturated carbocycles. The molecule has 1 aromatic rings. The molecule has 0 unspecified atom stereocenters. The van der Waals surface area contributed by atoms with E-state index in [9.17, 15) is 4.79 Å². The molecule has 2 rings (SSSR count). The van der Waals surface area contributed by atoms with Gasteiger partial charge in [0, 0.05) is 12.8 Å². The molecule has 0 saturated heterocycles. The molecule has 0 radical (unpaired) electrons. The number of amides is 1. The Labute approximate surface area is 94.6 Å². The third-order valence-corrected chi connectivity index (χ3v) is 2.96. The maximum atomic E-state index is 11.8. The van der Waals surface area contributed by atoms with Crippen molar-refractivity contribution in [3.63, 3.8) is 0 Å². The molecule has 1 aliphatic rings. The molecule has 1 amide bonds. The minimum absolute atomic E-state index is 0.121. The first-order valence-electron chi connectivity index (χ1n) is 5.82. The normalized spacial score (nSPS) is 17.3. The van der Waals surface area contributed by atoms with Gasteiger partial charge in [-0.1, -0.05) is 19.3 Å². The van der Waals surface area contributed by atoms with Gasteiger partial charge in [0.15, 0.2) is 0 Å². The van der Waals surface area contributed by atoms with Gasteiger partial charge in [-0.25, -0.2) is 0 Å². The second-order valence-electron chi connectivity index (χ2n) is 4.27. The van der Waals surface area contributed by atoms with Crippen molar-refractivity contribution in [3.05, 3.63) is 11.8 Å². The van der Waals surface area contributed by atoms with Gasteiger partial charge in [-0.15, -0.1) is 10.2 Å². The van der Waals surface area contributed by atoms with E-state index in [0.29, 0.717) is 18.3 Å². The Balaban J connectivity index is 1.78. The molecule has 5 heteroatoms. The van der Waals surface area contributed by atoms with Gasteiger partial charge >= 0.3 is 0 Å². The molecule has 0 aromatic carbocycles. The first-order chi connectivity index (χ1) is 7.75. The summed E-state index contributed by atoms with van der Waals surface area (Å²) in [6.07, 6.45) is 5.60. The summed E-state index contributed by atoms with van der Waals surface area (Å²) in [5, 5.41) is 10.4. The van der Waals surface area contributed by atoms with Gasteiger partial charge < -0.3 is 9.73 Å². The van der Waals surface area contributed by atoms with E-state index in [-0.39, 0.29) is 11.8 Å². The summed E-state index contributed by atoms with van der Waals surface area (Å²) >= 11 is 0. The Morgan fingerprint density at radius 3 is 2.75 bits per heavy atom. The fourth-order valence-electron chi connectivity index (χ4n) is 2.08. The molecule has 5 nitrogen and oxygen atoms in total. The number of aromatic nitrogens is 2. The van der Waals surface area contributed by atoms with Gasteiger partial charge in [0.1, 0.15) is 0 Å². The van der Waals surface area contributed by atoms with Crippen molar-refractivity contribution in [1.82, 2.24) is 15.5 Å². The summed E-state index contributed by atoms with van der Waals surface area (Å²) < 4.78 is 5.18. The van der Waals surface area contributed by atoms with Crippen molar-refractivity contribution in [2.45, 2.75) is 45.6 Å². The molecule has 0 aliphatic heterocycles. The van der Waals surface area contributed by atoms with E-state index in [1.807, 2.05) is 0 Å². The number of nitrogens with one attached hydrogen (secondary N) is 1. The number of aryl methyl sites for hydroxylation is 1. The molecule has 1 N–H and O–H groups in total. The monoisotopic (exact) mass is 223 g/mol. The number of carbonyl (C=O) groups excluding carboxylic acids is 1. The van der Waals surface area contributed by atoms with E-state index < -0.39 is 0 Å². The zero-order valence-electron chi connectivity index (χ0n) is 9.53. The van der Waals surface area contributed by atoms with Crippen LogP contribution in [0.1, 0.15) is 43.9 Å². The highest BCUT2D eigenvalue weighted by Crippen LogP contribution is 2.23. The summed E-state index contributed by atoms with van der Waals surface area (Å²) in [4.78, 5) is 11.8. The van der Waals surface area contributed by atoms with Crippen LogP contribution in [0.3, 0.4) is 0 Å². The molecule has 0 spiro atoms. The van der Waals surface area contributed by atoms with Crippen molar-refractivity contribution in [3.8, 4) is 0 Å². The lowest BCUT2D eigenvalue weighted by Gasteiger charge is -2.20. The third-order valence-electron chi connectivity index (χ3n) is 2.96. The average molecular weight is 223 g/mol. The number of hydrogen-bond donors (Lipinski definition) is 1. The zero-order valence-corrected chi connectivity index (χ0v) is 9.53. The van der Waals surface area contributed by atoms with Crippen LogP contribution in [0.5, 0.6) is 0 Å². The van der Waals surface area contributed by atoms with Crippen molar-refractivity contribution in [2.24, 2.45) is 5.92 Å². The van der Waals surface area contributed by atoms with Crippen LogP contribution in [0.2, 0.25) is 0 Å². The molecule has 1 aromatic heterocycles. The summed E-state index contributed by atoms with van der Waals surface area (Å²) in [6, 6.07) is 0. The third kappa shape index (κ3) is 2.81. The summed E-state index contributed by atoms with van der Waals surface area (Å²) in [6.45, 7) is 2.08. The smallest absolute Gasteiger partial charge is 0.235 e. The molecule has 16 heavy (non-hydrogen) atoms. The molecule has 0 atom stereocenters. The van der Waals surface area contributed by atoms with Crippen molar-refractivity contribution < 1.29 is 9.21 Å². The Bertz CT molecular complexity index is 356. The standard InChI is InChI=1S/C11H17N3O2/c1-8-13-14-10(16-8)7-12-11(15)9-5-3-2-4-6-9/h9H,2-7H2,1H3,(H,12,15). The van der Waals surface area contributed by atoms with Crippen molar-refractivity contribution in [1.29, 1.82) is 0 Å². The first-order valence-corrected chi connectivity index (χ1v) is 5.82. The Morgan fingerprint density at radius 2 is 2.12 bits per heavy atom. The number of rotatable bonds is 3. The molecule has 1 aliphatic carbocycles. The predicted octanol–water partition coefficient (Wildman–Crippen LogP) is 1.57. The predicted molar refractivity (Wildman–Crippen MR) is 57.5 cm³/mol. The van der Waals surface area contributed by atoms with Crippen LogP contribution in [0.4, 0.5) is 0 Å². The topological polar surface area (TPSA) is 68.0 Å². The number of carbonyl (C=O) groups is 1. The lowest BCUT2D eigenvalue weighted by molar-refractivity contribution is -0.126. The van der Waals surface area contributed by atoms with E-state index in [1.165, 1.54) is 6.42 Å². The minimum atomic E-state index is 0.121. The maximum absolute atomic E-state index is 11.8. The Hall–Kier alpha value is -1.39. The van der Waals surface area contributed by atoms with Gasteiger partial charge in [-0.2, -0.15) is 0 Å². The second kappa shape index (κ2) is 5.09. The van der Waals surface area contributed by atoms with Crippen LogP contribution < -0.4 is 5.32 Å². The molecule has 88 valence electrons. The van der Waals surface area contributed by atoms with Crippen molar-refractivity contribution in [2.75, 3.05) is 0 Å². The van der Waals surface area contributed by atoms with Crippen LogP contribution in [0, 0.1) is 12.8 Å². The van der Waals surface area contributed by atoms with Gasteiger partial charge in [0.2, 0.25) is 17.7 Å². The van der Waals surface area contributed by atoms with Gasteiger partial charge in [-0.05, 0) is 12.8 Å². The fourth-order valence-corrected chi connectivity index (χ4v) is 2.08. The average Bonchev–Trinajstić information content (AvgIpc) is 2.73. The van der Waals surface area contributed by atoms with Crippen LogP contribution in [-0.4, -0.2) is 16.1 Å². The molecular weight excluding hydrogens is 206 g/mol. The van der Waals surface area contributed by atoms with E-state index in [2.05, 4.69) is 15.5 Å². The van der Waals surface area contributed by atoms with E-state index >= 15 is 0 Å². The zero-order chi connectivity index (χ0) is 11.4. The van der Waals surface area contributed by atoms with Gasteiger partial charge in [0.25, 0.3) is 0 Å². The van der Waals surface area contributed by atoms with Crippen LogP contribution >= 0.6 is 0 Å². The highest BCUT2D eigenvalue weighted by Gasteiger charge is 2.20. The summed E-state index contributed by atoms with van der Waals surface area (Å²) in [5.41, 5.74) is 0. The molecule has 1 fully saturated rings. The Morgan fingerprint density at radius 1 is 1.38 bits per heavy atom. The summed E-state index contributed by atoms with van der Waals surface area (Å²) in [7, 11) is 0. The lowest BCUT2D eigenvalue weighted by atomic mass is 9.89. The quantitative estimate of drug-likeness (QED) is 0.844. The van der Waals surface area contributed by atoms with Gasteiger partial charge in [-0.3, -0.25) is 4.79 Å². The SMILES string of the molecule is Cc1nnc(CNC(=O)C2CCCCC2)o1. The number of hydrogen-bond acceptors (Lipinski definition) is 4. The highest BCUT2D eigenvalue weighted by molar-refractivity contribution is 5.78. The van der Waals surface area contributed by atoms with Crippen LogP contribution in [0.25, 0.3) is 0 Å². The first kappa shape index (κ1) is 11.1. The molecular formula is C11H17N3O2.